The summed E-state index contributed by atoms with van der Waals surface area (Å²) in [5.41, 5.74) is 6.96. The zero-order valence-electron chi connectivity index (χ0n) is 6.28. The second kappa shape index (κ2) is 1.20. The number of hydrogen-bond donors (Lipinski definition) is 1. The quantitative estimate of drug-likeness (QED) is 0.563. The van der Waals surface area contributed by atoms with E-state index in [-0.39, 0.29) is 0 Å². The molecule has 52 valence electrons. The van der Waals surface area contributed by atoms with Crippen LogP contribution in [0.15, 0.2) is 0 Å². The lowest BCUT2D eigenvalue weighted by Crippen LogP contribution is -2.05. The van der Waals surface area contributed by atoms with Gasteiger partial charge in [0.05, 0.1) is 0 Å². The molecule has 0 saturated heterocycles. The lowest BCUT2D eigenvalue weighted by molar-refractivity contribution is 0.533. The fourth-order valence-corrected chi connectivity index (χ4v) is 2.71. The van der Waals surface area contributed by atoms with Crippen molar-refractivity contribution in [3.63, 3.8) is 0 Å². The summed E-state index contributed by atoms with van der Waals surface area (Å²) in [4.78, 5) is 0. The predicted octanol–water partition coefficient (Wildman–Crippen LogP) is 1.38. The first-order valence-electron chi connectivity index (χ1n) is 3.85. The van der Waals surface area contributed by atoms with E-state index < -0.39 is 0 Å². The van der Waals surface area contributed by atoms with E-state index in [0.29, 0.717) is 5.41 Å². The normalized spacial score (nSPS) is 41.0. The van der Waals surface area contributed by atoms with Crippen LogP contribution in [0, 0.1) is 16.7 Å². The summed E-state index contributed by atoms with van der Waals surface area (Å²) in [5, 5.41) is 0. The van der Waals surface area contributed by atoms with E-state index in [1.807, 2.05) is 0 Å². The summed E-state index contributed by atoms with van der Waals surface area (Å²) in [6, 6.07) is 0. The predicted molar refractivity (Wildman–Crippen MR) is 38.0 cm³/mol. The highest BCUT2D eigenvalue weighted by molar-refractivity contribution is 5.25. The molecule has 2 saturated carbocycles. The highest BCUT2D eigenvalue weighted by Crippen LogP contribution is 2.81. The Labute approximate surface area is 56.6 Å². The standard InChI is InChI=1S/C8H15N/c1-7(2)6(5-9)8(7)3-4-8/h6H,3-5,9H2,1-2H3. The fraction of sp³-hybridized carbons (Fsp3) is 1.00. The SMILES string of the molecule is CC1(C)C(CN)C12CC2. The van der Waals surface area contributed by atoms with Crippen molar-refractivity contribution in [2.45, 2.75) is 26.7 Å². The van der Waals surface area contributed by atoms with Gasteiger partial charge in [0.2, 0.25) is 0 Å². The molecule has 1 unspecified atom stereocenters. The van der Waals surface area contributed by atoms with Crippen molar-refractivity contribution < 1.29 is 0 Å². The van der Waals surface area contributed by atoms with Crippen molar-refractivity contribution in [3.05, 3.63) is 0 Å². The first-order valence-corrected chi connectivity index (χ1v) is 3.85. The van der Waals surface area contributed by atoms with Crippen molar-refractivity contribution in [2.75, 3.05) is 6.54 Å². The molecular formula is C8H15N. The molecule has 1 heteroatoms. The van der Waals surface area contributed by atoms with Gasteiger partial charge in [-0.2, -0.15) is 0 Å². The Morgan fingerprint density at radius 1 is 1.44 bits per heavy atom. The summed E-state index contributed by atoms with van der Waals surface area (Å²) in [5.74, 6) is 0.852. The van der Waals surface area contributed by atoms with Crippen molar-refractivity contribution in [2.24, 2.45) is 22.5 Å². The Bertz CT molecular complexity index is 141. The monoisotopic (exact) mass is 125 g/mol. The third-order valence-corrected chi connectivity index (χ3v) is 3.76. The molecule has 2 aliphatic rings. The molecule has 0 bridgehead atoms. The average Bonchev–Trinajstić information content (AvgIpc) is 2.54. The van der Waals surface area contributed by atoms with Crippen molar-refractivity contribution >= 4 is 0 Å². The number of nitrogens with two attached hydrogens (primary N) is 1. The van der Waals surface area contributed by atoms with Gasteiger partial charge in [-0.3, -0.25) is 0 Å². The van der Waals surface area contributed by atoms with Gasteiger partial charge < -0.3 is 5.73 Å². The molecule has 0 aliphatic heterocycles. The molecule has 0 amide bonds. The molecule has 9 heavy (non-hydrogen) atoms. The molecule has 2 aliphatic carbocycles. The second-order valence-corrected chi connectivity index (χ2v) is 4.17. The van der Waals surface area contributed by atoms with Crippen molar-refractivity contribution in [3.8, 4) is 0 Å². The third-order valence-electron chi connectivity index (χ3n) is 3.76. The van der Waals surface area contributed by atoms with Gasteiger partial charge in [-0.15, -0.1) is 0 Å². The summed E-state index contributed by atoms with van der Waals surface area (Å²) in [6.45, 7) is 5.63. The van der Waals surface area contributed by atoms with E-state index in [1.165, 1.54) is 12.8 Å². The molecule has 2 N–H and O–H groups in total. The van der Waals surface area contributed by atoms with Crippen molar-refractivity contribution in [1.82, 2.24) is 0 Å². The second-order valence-electron chi connectivity index (χ2n) is 4.17. The molecule has 1 atom stereocenters. The Morgan fingerprint density at radius 3 is 2.11 bits per heavy atom. The molecule has 1 spiro atoms. The van der Waals surface area contributed by atoms with Crippen LogP contribution in [0.2, 0.25) is 0 Å². The van der Waals surface area contributed by atoms with Crippen LogP contribution in [0.1, 0.15) is 26.7 Å². The minimum atomic E-state index is 0.599. The minimum absolute atomic E-state index is 0.599. The summed E-state index contributed by atoms with van der Waals surface area (Å²) < 4.78 is 0. The molecule has 2 rings (SSSR count). The maximum Gasteiger partial charge on any atom is -0.00380 e. The Hall–Kier alpha value is -0.0400. The van der Waals surface area contributed by atoms with Gasteiger partial charge in [0, 0.05) is 0 Å². The molecule has 0 aromatic heterocycles. The Kier molecular flexibility index (Phi) is 0.760. The molecule has 0 aromatic rings. The van der Waals surface area contributed by atoms with Crippen LogP contribution in [-0.2, 0) is 0 Å². The van der Waals surface area contributed by atoms with E-state index in [0.717, 1.165) is 17.9 Å². The highest BCUT2D eigenvalue weighted by Gasteiger charge is 2.76. The summed E-state index contributed by atoms with van der Waals surface area (Å²) >= 11 is 0. The van der Waals surface area contributed by atoms with Gasteiger partial charge in [0.25, 0.3) is 0 Å². The molecule has 2 fully saturated rings. The fourth-order valence-electron chi connectivity index (χ4n) is 2.71. The zero-order chi connectivity index (χ0) is 6.70. The first-order chi connectivity index (χ1) is 4.15. The maximum absolute atomic E-state index is 5.63. The zero-order valence-corrected chi connectivity index (χ0v) is 6.28. The molecule has 0 heterocycles. The topological polar surface area (TPSA) is 26.0 Å². The van der Waals surface area contributed by atoms with Crippen LogP contribution >= 0.6 is 0 Å². The molecule has 1 nitrogen and oxygen atoms in total. The Balaban J connectivity index is 2.16. The van der Waals surface area contributed by atoms with Gasteiger partial charge >= 0.3 is 0 Å². The van der Waals surface area contributed by atoms with Gasteiger partial charge in [0.1, 0.15) is 0 Å². The number of rotatable bonds is 1. The third kappa shape index (κ3) is 0.420. The lowest BCUT2D eigenvalue weighted by atomic mass is 10.1. The average molecular weight is 125 g/mol. The molecule has 0 radical (unpaired) electrons. The van der Waals surface area contributed by atoms with E-state index in [4.69, 9.17) is 5.73 Å². The maximum atomic E-state index is 5.63. The first kappa shape index (κ1) is 5.72. The van der Waals surface area contributed by atoms with Crippen LogP contribution in [0.3, 0.4) is 0 Å². The minimum Gasteiger partial charge on any atom is -0.330 e. The summed E-state index contributed by atoms with van der Waals surface area (Å²) in [7, 11) is 0. The van der Waals surface area contributed by atoms with Crippen LogP contribution in [0.5, 0.6) is 0 Å². The van der Waals surface area contributed by atoms with Gasteiger partial charge in [-0.1, -0.05) is 13.8 Å². The summed E-state index contributed by atoms with van der Waals surface area (Å²) in [6.07, 6.45) is 2.89. The van der Waals surface area contributed by atoms with E-state index in [1.54, 1.807) is 0 Å². The van der Waals surface area contributed by atoms with Crippen LogP contribution in [0.25, 0.3) is 0 Å². The van der Waals surface area contributed by atoms with Crippen LogP contribution in [-0.4, -0.2) is 6.54 Å². The van der Waals surface area contributed by atoms with Gasteiger partial charge in [0.15, 0.2) is 0 Å². The molecule has 0 aromatic carbocycles. The lowest BCUT2D eigenvalue weighted by Gasteiger charge is -1.97. The van der Waals surface area contributed by atoms with Crippen LogP contribution < -0.4 is 5.73 Å². The smallest absolute Gasteiger partial charge is 0.00380 e. The van der Waals surface area contributed by atoms with Crippen LogP contribution in [0.4, 0.5) is 0 Å². The number of hydrogen-bond acceptors (Lipinski definition) is 1. The highest BCUT2D eigenvalue weighted by atomic mass is 14.8. The van der Waals surface area contributed by atoms with E-state index in [9.17, 15) is 0 Å². The van der Waals surface area contributed by atoms with E-state index >= 15 is 0 Å². The Morgan fingerprint density at radius 2 is 2.00 bits per heavy atom. The van der Waals surface area contributed by atoms with Gasteiger partial charge in [-0.25, -0.2) is 0 Å². The largest absolute Gasteiger partial charge is 0.330 e. The van der Waals surface area contributed by atoms with Gasteiger partial charge in [-0.05, 0) is 36.1 Å². The molecular weight excluding hydrogens is 110 g/mol. The van der Waals surface area contributed by atoms with E-state index in [2.05, 4.69) is 13.8 Å². The van der Waals surface area contributed by atoms with Crippen molar-refractivity contribution in [1.29, 1.82) is 0 Å².